The SMILES string of the molecule is CCc1ccccc1NS(=O)(=O)C(C)C#N. The van der Waals surface area contributed by atoms with Crippen LogP contribution < -0.4 is 4.72 Å². The number of hydrogen-bond acceptors (Lipinski definition) is 3. The maximum Gasteiger partial charge on any atom is 0.248 e. The van der Waals surface area contributed by atoms with Gasteiger partial charge in [-0.15, -0.1) is 0 Å². The highest BCUT2D eigenvalue weighted by atomic mass is 32.2. The van der Waals surface area contributed by atoms with Crippen molar-refractivity contribution in [1.82, 2.24) is 0 Å². The molecule has 0 aromatic heterocycles. The van der Waals surface area contributed by atoms with Crippen LogP contribution in [0.4, 0.5) is 5.69 Å². The highest BCUT2D eigenvalue weighted by molar-refractivity contribution is 7.93. The fraction of sp³-hybridized carbons (Fsp3) is 0.364. The van der Waals surface area contributed by atoms with Crippen molar-refractivity contribution >= 4 is 15.7 Å². The molecular weight excluding hydrogens is 224 g/mol. The van der Waals surface area contributed by atoms with Gasteiger partial charge in [-0.1, -0.05) is 25.1 Å². The first-order valence-electron chi connectivity index (χ1n) is 5.00. The topological polar surface area (TPSA) is 70.0 Å². The highest BCUT2D eigenvalue weighted by Crippen LogP contribution is 2.18. The van der Waals surface area contributed by atoms with Crippen LogP contribution in [0.3, 0.4) is 0 Å². The number of nitriles is 1. The van der Waals surface area contributed by atoms with Gasteiger partial charge in [0, 0.05) is 0 Å². The van der Waals surface area contributed by atoms with E-state index >= 15 is 0 Å². The van der Waals surface area contributed by atoms with Gasteiger partial charge in [-0.05, 0) is 25.0 Å². The number of benzene rings is 1. The molecule has 1 rings (SSSR count). The first kappa shape index (κ1) is 12.5. The molecule has 5 heteroatoms. The Morgan fingerprint density at radius 2 is 2.06 bits per heavy atom. The van der Waals surface area contributed by atoms with Gasteiger partial charge in [-0.25, -0.2) is 8.42 Å². The minimum atomic E-state index is -3.61. The Morgan fingerprint density at radius 3 is 2.62 bits per heavy atom. The second kappa shape index (κ2) is 4.99. The number of rotatable bonds is 4. The van der Waals surface area contributed by atoms with Crippen molar-refractivity contribution in [1.29, 1.82) is 5.26 Å². The summed E-state index contributed by atoms with van der Waals surface area (Å²) in [4.78, 5) is 0. The van der Waals surface area contributed by atoms with E-state index in [1.807, 2.05) is 19.1 Å². The third-order valence-corrected chi connectivity index (χ3v) is 3.84. The lowest BCUT2D eigenvalue weighted by molar-refractivity contribution is 0.597. The minimum Gasteiger partial charge on any atom is -0.282 e. The lowest BCUT2D eigenvalue weighted by Crippen LogP contribution is -2.24. The molecule has 0 heterocycles. The number of sulfonamides is 1. The quantitative estimate of drug-likeness (QED) is 0.871. The van der Waals surface area contributed by atoms with Crippen molar-refractivity contribution in [3.63, 3.8) is 0 Å². The van der Waals surface area contributed by atoms with Gasteiger partial charge in [0.25, 0.3) is 0 Å². The van der Waals surface area contributed by atoms with Crippen LogP contribution in [0.2, 0.25) is 0 Å². The van der Waals surface area contributed by atoms with Crippen LogP contribution in [0, 0.1) is 11.3 Å². The predicted octanol–water partition coefficient (Wildman–Crippen LogP) is 1.90. The molecular formula is C11H14N2O2S. The monoisotopic (exact) mass is 238 g/mol. The number of nitrogens with zero attached hydrogens (tertiary/aromatic N) is 1. The van der Waals surface area contributed by atoms with Crippen LogP contribution in [-0.2, 0) is 16.4 Å². The maximum atomic E-state index is 11.7. The number of anilines is 1. The summed E-state index contributed by atoms with van der Waals surface area (Å²) >= 11 is 0. The van der Waals surface area contributed by atoms with Crippen LogP contribution in [0.1, 0.15) is 19.4 Å². The molecule has 4 nitrogen and oxygen atoms in total. The largest absolute Gasteiger partial charge is 0.282 e. The van der Waals surface area contributed by atoms with Gasteiger partial charge in [0.2, 0.25) is 10.0 Å². The van der Waals surface area contributed by atoms with E-state index in [4.69, 9.17) is 5.26 Å². The van der Waals surface area contributed by atoms with Crippen molar-refractivity contribution in [3.8, 4) is 6.07 Å². The van der Waals surface area contributed by atoms with Gasteiger partial charge < -0.3 is 0 Å². The molecule has 0 amide bonds. The van der Waals surface area contributed by atoms with Crippen molar-refractivity contribution in [3.05, 3.63) is 29.8 Å². The molecule has 1 aromatic rings. The van der Waals surface area contributed by atoms with Gasteiger partial charge in [0.05, 0.1) is 11.8 Å². The van der Waals surface area contributed by atoms with Gasteiger partial charge in [0.1, 0.15) is 0 Å². The molecule has 0 saturated carbocycles. The van der Waals surface area contributed by atoms with Crippen LogP contribution in [0.5, 0.6) is 0 Å². The average Bonchev–Trinajstić information content (AvgIpc) is 2.28. The minimum absolute atomic E-state index is 0.548. The Labute approximate surface area is 96.0 Å². The summed E-state index contributed by atoms with van der Waals surface area (Å²) in [5.41, 5.74) is 1.46. The molecule has 86 valence electrons. The van der Waals surface area contributed by atoms with E-state index in [0.717, 1.165) is 12.0 Å². The Kier molecular flexibility index (Phi) is 3.91. The third-order valence-electron chi connectivity index (χ3n) is 2.30. The van der Waals surface area contributed by atoms with Gasteiger partial charge in [-0.2, -0.15) is 5.26 Å². The zero-order valence-corrected chi connectivity index (χ0v) is 10.1. The summed E-state index contributed by atoms with van der Waals surface area (Å²) < 4.78 is 25.8. The van der Waals surface area contributed by atoms with Crippen LogP contribution in [0.15, 0.2) is 24.3 Å². The van der Waals surface area contributed by atoms with E-state index in [1.165, 1.54) is 6.92 Å². The number of nitrogens with one attached hydrogen (secondary N) is 1. The molecule has 0 bridgehead atoms. The first-order chi connectivity index (χ1) is 7.51. The second-order valence-corrected chi connectivity index (χ2v) is 5.43. The summed E-state index contributed by atoms with van der Waals surface area (Å²) in [5, 5.41) is 7.55. The standard InChI is InChI=1S/C11H14N2O2S/c1-3-10-6-4-5-7-11(10)13-16(14,15)9(2)8-12/h4-7,9,13H,3H2,1-2H3. The molecule has 0 saturated heterocycles. The zero-order valence-electron chi connectivity index (χ0n) is 9.27. The fourth-order valence-corrected chi connectivity index (χ4v) is 2.06. The molecule has 1 aromatic carbocycles. The van der Waals surface area contributed by atoms with Crippen LogP contribution in [-0.4, -0.2) is 13.7 Å². The second-order valence-electron chi connectivity index (χ2n) is 3.43. The number of hydrogen-bond donors (Lipinski definition) is 1. The Morgan fingerprint density at radius 1 is 1.44 bits per heavy atom. The van der Waals surface area contributed by atoms with E-state index in [1.54, 1.807) is 18.2 Å². The van der Waals surface area contributed by atoms with Gasteiger partial charge >= 0.3 is 0 Å². The van der Waals surface area contributed by atoms with Crippen molar-refractivity contribution < 1.29 is 8.42 Å². The lowest BCUT2D eigenvalue weighted by atomic mass is 10.1. The lowest BCUT2D eigenvalue weighted by Gasteiger charge is -2.12. The van der Waals surface area contributed by atoms with Crippen molar-refractivity contribution in [2.24, 2.45) is 0 Å². The van der Waals surface area contributed by atoms with Crippen LogP contribution in [0.25, 0.3) is 0 Å². The molecule has 0 aliphatic carbocycles. The highest BCUT2D eigenvalue weighted by Gasteiger charge is 2.20. The van der Waals surface area contributed by atoms with Crippen LogP contribution >= 0.6 is 0 Å². The zero-order chi connectivity index (χ0) is 12.2. The van der Waals surface area contributed by atoms with Crippen molar-refractivity contribution in [2.45, 2.75) is 25.5 Å². The summed E-state index contributed by atoms with van der Waals surface area (Å²) in [7, 11) is -3.61. The van der Waals surface area contributed by atoms with E-state index in [-0.39, 0.29) is 0 Å². The molecule has 0 spiro atoms. The van der Waals surface area contributed by atoms with E-state index in [9.17, 15) is 8.42 Å². The molecule has 0 aliphatic rings. The maximum absolute atomic E-state index is 11.7. The molecule has 1 atom stereocenters. The molecule has 16 heavy (non-hydrogen) atoms. The normalized spacial score (nSPS) is 12.8. The fourth-order valence-electron chi connectivity index (χ4n) is 1.24. The Balaban J connectivity index is 3.02. The van der Waals surface area contributed by atoms with Crippen molar-refractivity contribution in [2.75, 3.05) is 4.72 Å². The summed E-state index contributed by atoms with van der Waals surface area (Å²) in [6.45, 7) is 3.30. The molecule has 1 N–H and O–H groups in total. The Hall–Kier alpha value is -1.54. The van der Waals surface area contributed by atoms with E-state index in [2.05, 4.69) is 4.72 Å². The molecule has 0 radical (unpaired) electrons. The molecule has 0 fully saturated rings. The molecule has 1 unspecified atom stereocenters. The van der Waals surface area contributed by atoms with Gasteiger partial charge in [0.15, 0.2) is 5.25 Å². The molecule has 0 aliphatic heterocycles. The third kappa shape index (κ3) is 2.74. The number of aryl methyl sites for hydroxylation is 1. The smallest absolute Gasteiger partial charge is 0.248 e. The predicted molar refractivity (Wildman–Crippen MR) is 63.4 cm³/mol. The number of para-hydroxylation sites is 1. The Bertz CT molecular complexity index is 503. The first-order valence-corrected chi connectivity index (χ1v) is 6.55. The summed E-state index contributed by atoms with van der Waals surface area (Å²) in [6.07, 6.45) is 0.736. The summed E-state index contributed by atoms with van der Waals surface area (Å²) in [5.74, 6) is 0. The summed E-state index contributed by atoms with van der Waals surface area (Å²) in [6, 6.07) is 8.87. The average molecular weight is 238 g/mol. The van der Waals surface area contributed by atoms with E-state index in [0.29, 0.717) is 5.69 Å². The van der Waals surface area contributed by atoms with E-state index < -0.39 is 15.3 Å². The van der Waals surface area contributed by atoms with Gasteiger partial charge in [-0.3, -0.25) is 4.72 Å².